The van der Waals surface area contributed by atoms with E-state index in [0.717, 1.165) is 32.2 Å². The molecule has 4 saturated heterocycles. The number of ether oxygens (including phenoxy) is 5. The molecule has 0 aliphatic carbocycles. The summed E-state index contributed by atoms with van der Waals surface area (Å²) in [6, 6.07) is 6.29. The summed E-state index contributed by atoms with van der Waals surface area (Å²) >= 11 is 0. The molecule has 4 aliphatic heterocycles. The van der Waals surface area contributed by atoms with Crippen molar-refractivity contribution in [2.45, 2.75) is 147 Å². The lowest BCUT2D eigenvalue weighted by Crippen LogP contribution is -2.57. The molecule has 2 aromatic carbocycles. The summed E-state index contributed by atoms with van der Waals surface area (Å²) in [5.41, 5.74) is 4.08. The Balaban J connectivity index is 1.25. The SMILES string of the molecule is COCOc1cc(-c2ncc3c(C(CN4CC5CCC(C4)N5C(=O)OC(C)(C)C)OC)nc(OC[C@@]45CCCN4C[C@H](F)C5)nc3c2F)c2c(C#C[Si](C(C)C)(C(C)C)C(C)C)c(F)ccc2c1. The first kappa shape index (κ1) is 49.9. The maximum Gasteiger partial charge on any atom is 0.410 e. The molecule has 16 heteroatoms. The van der Waals surface area contributed by atoms with Gasteiger partial charge in [-0.15, -0.1) is 5.54 Å². The molecule has 1 amide bonds. The highest BCUT2D eigenvalue weighted by atomic mass is 28.3. The van der Waals surface area contributed by atoms with Gasteiger partial charge in [0.2, 0.25) is 0 Å². The largest absolute Gasteiger partial charge is 0.468 e. The molecule has 5 atom stereocenters. The predicted molar refractivity (Wildman–Crippen MR) is 260 cm³/mol. The lowest BCUT2D eigenvalue weighted by Gasteiger charge is -2.42. The van der Waals surface area contributed by atoms with Crippen LogP contribution < -0.4 is 9.47 Å². The van der Waals surface area contributed by atoms with E-state index in [2.05, 4.69) is 62.8 Å². The molecule has 4 aliphatic rings. The standard InChI is InChI=1S/C52H69F3N6O6Si/c1-31(2)68(32(3)4,33(5)6)20-17-39-42(54)16-13-34-21-38(66-30-63-10)22-40(44(34)39)47-45(55)48-41(24-56-47)46(57-49(58-48)65-29-52-18-12-19-60(52)25-35(53)23-52)43(64-11)28-59-26-36-14-15-37(27-59)61(36)50(62)67-51(7,8)9/h13,16,21-22,24,31-33,35-37,43H,12,14-15,18-19,23,25-30H2,1-11H3/t35-,36?,37?,43?,52+/m1/s1. The lowest BCUT2D eigenvalue weighted by atomic mass is 9.95. The number of halogens is 3. The molecule has 6 heterocycles. The minimum Gasteiger partial charge on any atom is -0.468 e. The third-order valence-corrected chi connectivity index (χ3v) is 21.3. The first-order chi connectivity index (χ1) is 32.3. The second-order valence-electron chi connectivity index (χ2n) is 21.3. The summed E-state index contributed by atoms with van der Waals surface area (Å²) in [5.74, 6) is 2.41. The van der Waals surface area contributed by atoms with Crippen molar-refractivity contribution in [2.75, 3.05) is 60.3 Å². The van der Waals surface area contributed by atoms with E-state index in [1.165, 1.54) is 13.2 Å². The fourth-order valence-electron chi connectivity index (χ4n) is 12.0. The molecule has 3 unspecified atom stereocenters. The maximum atomic E-state index is 18.0. The molecule has 4 aromatic rings. The molecule has 12 nitrogen and oxygen atoms in total. The van der Waals surface area contributed by atoms with E-state index < -0.39 is 43.1 Å². The summed E-state index contributed by atoms with van der Waals surface area (Å²) < 4.78 is 79.0. The third-order valence-electron chi connectivity index (χ3n) is 15.0. The van der Waals surface area contributed by atoms with Crippen LogP contribution in [0.15, 0.2) is 30.5 Å². The van der Waals surface area contributed by atoms with Gasteiger partial charge in [0.1, 0.15) is 55.3 Å². The van der Waals surface area contributed by atoms with Crippen LogP contribution in [0.1, 0.15) is 112 Å². The Morgan fingerprint density at radius 3 is 2.32 bits per heavy atom. The zero-order chi connectivity index (χ0) is 48.9. The number of alkyl halides is 1. The fourth-order valence-corrected chi connectivity index (χ4v) is 17.2. The van der Waals surface area contributed by atoms with Crippen molar-refractivity contribution in [3.8, 4) is 34.5 Å². The van der Waals surface area contributed by atoms with Gasteiger partial charge in [0.15, 0.2) is 12.6 Å². The number of pyridine rings is 1. The topological polar surface area (TPSA) is 112 Å². The van der Waals surface area contributed by atoms with Crippen LogP contribution in [0.25, 0.3) is 32.9 Å². The van der Waals surface area contributed by atoms with Crippen molar-refractivity contribution < 1.29 is 41.7 Å². The normalized spacial score (nSPS) is 22.7. The predicted octanol–water partition coefficient (Wildman–Crippen LogP) is 10.4. The molecule has 0 saturated carbocycles. The number of nitrogens with zero attached hydrogens (tertiary/aromatic N) is 6. The average molecular weight is 959 g/mol. The van der Waals surface area contributed by atoms with E-state index in [-0.39, 0.29) is 59.9 Å². The Bertz CT molecular complexity index is 2550. The zero-order valence-corrected chi connectivity index (χ0v) is 42.7. The van der Waals surface area contributed by atoms with Gasteiger partial charge >= 0.3 is 12.1 Å². The van der Waals surface area contributed by atoms with E-state index in [1.54, 1.807) is 31.5 Å². The number of benzene rings is 2. The number of carbonyl (C=O) groups is 1. The van der Waals surface area contributed by atoms with Crippen LogP contribution in [0.5, 0.6) is 11.8 Å². The summed E-state index contributed by atoms with van der Waals surface area (Å²) in [4.78, 5) is 34.1. The first-order valence-corrected chi connectivity index (χ1v) is 26.6. The highest BCUT2D eigenvalue weighted by Gasteiger charge is 2.50. The minimum atomic E-state index is -2.34. The molecular weight excluding hydrogens is 890 g/mol. The molecule has 368 valence electrons. The molecule has 4 fully saturated rings. The molecule has 2 aromatic heterocycles. The van der Waals surface area contributed by atoms with Gasteiger partial charge < -0.3 is 23.7 Å². The second-order valence-corrected chi connectivity index (χ2v) is 26.9. The Kier molecular flexibility index (Phi) is 14.4. The highest BCUT2D eigenvalue weighted by Crippen LogP contribution is 2.44. The van der Waals surface area contributed by atoms with Crippen LogP contribution in [0.2, 0.25) is 16.6 Å². The number of carbonyl (C=O) groups excluding carboxylic acids is 1. The van der Waals surface area contributed by atoms with Gasteiger partial charge in [0, 0.05) is 81.4 Å². The van der Waals surface area contributed by atoms with Crippen molar-refractivity contribution in [3.05, 3.63) is 53.4 Å². The van der Waals surface area contributed by atoms with Crippen LogP contribution in [0.4, 0.5) is 18.0 Å². The van der Waals surface area contributed by atoms with Crippen LogP contribution in [0.3, 0.4) is 0 Å². The quantitative estimate of drug-likeness (QED) is 0.0684. The summed E-state index contributed by atoms with van der Waals surface area (Å²) in [7, 11) is 0.754. The summed E-state index contributed by atoms with van der Waals surface area (Å²) in [6.45, 7) is 21.5. The van der Waals surface area contributed by atoms with Crippen molar-refractivity contribution in [1.29, 1.82) is 0 Å². The Hall–Kier alpha value is -4.53. The van der Waals surface area contributed by atoms with E-state index in [1.807, 2.05) is 25.7 Å². The number of aromatic nitrogens is 3. The second kappa shape index (κ2) is 19.7. The number of likely N-dealkylation sites (tertiary alicyclic amines) is 1. The molecular formula is C52H69F3N6O6Si. The van der Waals surface area contributed by atoms with Gasteiger partial charge in [-0.1, -0.05) is 53.5 Å². The fraction of sp³-hybridized carbons (Fsp3) is 0.615. The number of methoxy groups -OCH3 is 2. The molecule has 2 bridgehead atoms. The van der Waals surface area contributed by atoms with Gasteiger partial charge in [-0.3, -0.25) is 19.7 Å². The number of fused-ring (bicyclic) bond motifs is 5. The zero-order valence-electron chi connectivity index (χ0n) is 41.7. The minimum absolute atomic E-state index is 0.0408. The van der Waals surface area contributed by atoms with Crippen molar-refractivity contribution in [2.24, 2.45) is 0 Å². The number of hydrogen-bond donors (Lipinski definition) is 0. The molecule has 68 heavy (non-hydrogen) atoms. The van der Waals surface area contributed by atoms with Crippen LogP contribution in [-0.4, -0.2) is 134 Å². The summed E-state index contributed by atoms with van der Waals surface area (Å²) in [5, 5.41) is 1.30. The average Bonchev–Trinajstić information content (AvgIpc) is 3.90. The number of hydrogen-bond acceptors (Lipinski definition) is 11. The van der Waals surface area contributed by atoms with E-state index in [9.17, 15) is 9.18 Å². The molecule has 0 spiro atoms. The van der Waals surface area contributed by atoms with Gasteiger partial charge in [-0.05, 0) is 93.2 Å². The third kappa shape index (κ3) is 9.54. The lowest BCUT2D eigenvalue weighted by molar-refractivity contribution is -0.0149. The summed E-state index contributed by atoms with van der Waals surface area (Å²) in [6.07, 6.45) is 3.28. The molecule has 0 N–H and O–H groups in total. The van der Waals surface area contributed by atoms with Crippen molar-refractivity contribution in [3.63, 3.8) is 0 Å². The van der Waals surface area contributed by atoms with Gasteiger partial charge in [-0.2, -0.15) is 9.97 Å². The van der Waals surface area contributed by atoms with E-state index in [0.29, 0.717) is 76.8 Å². The van der Waals surface area contributed by atoms with Crippen molar-refractivity contribution in [1.82, 2.24) is 29.7 Å². The highest BCUT2D eigenvalue weighted by molar-refractivity contribution is 6.90. The monoisotopic (exact) mass is 958 g/mol. The maximum absolute atomic E-state index is 18.0. The van der Waals surface area contributed by atoms with Gasteiger partial charge in [0.25, 0.3) is 0 Å². The smallest absolute Gasteiger partial charge is 0.410 e. The number of amides is 1. The molecule has 0 radical (unpaired) electrons. The van der Waals surface area contributed by atoms with Crippen molar-refractivity contribution >= 4 is 35.8 Å². The number of piperazine rings is 1. The van der Waals surface area contributed by atoms with Gasteiger partial charge in [0.05, 0.1) is 16.8 Å². The molecule has 8 rings (SSSR count). The number of rotatable bonds is 14. The van der Waals surface area contributed by atoms with Crippen LogP contribution >= 0.6 is 0 Å². The van der Waals surface area contributed by atoms with Crippen LogP contribution in [0, 0.1) is 23.1 Å². The first-order valence-electron chi connectivity index (χ1n) is 24.3. The Labute approximate surface area is 400 Å². The van der Waals surface area contributed by atoms with Gasteiger partial charge in [-0.25, -0.2) is 18.0 Å². The van der Waals surface area contributed by atoms with Crippen LogP contribution in [-0.2, 0) is 14.2 Å². The Morgan fingerprint density at radius 2 is 1.68 bits per heavy atom. The van der Waals surface area contributed by atoms with E-state index in [4.69, 9.17) is 38.6 Å². The van der Waals surface area contributed by atoms with E-state index >= 15 is 8.78 Å². The Morgan fingerprint density at radius 1 is 0.971 bits per heavy atom.